The van der Waals surface area contributed by atoms with Gasteiger partial charge in [-0.25, -0.2) is 0 Å². The summed E-state index contributed by atoms with van der Waals surface area (Å²) in [7, 11) is 1.59. The third-order valence-corrected chi connectivity index (χ3v) is 4.14. The minimum atomic E-state index is -0.615. The van der Waals surface area contributed by atoms with Crippen molar-refractivity contribution >= 4 is 17.5 Å². The Morgan fingerprint density at radius 3 is 2.44 bits per heavy atom. The Labute approximate surface area is 165 Å². The minimum absolute atomic E-state index is 0.0525. The van der Waals surface area contributed by atoms with Gasteiger partial charge in [0, 0.05) is 6.54 Å². The second-order valence-corrected chi connectivity index (χ2v) is 6.72. The number of hydrogen-bond donors (Lipinski definition) is 1. The van der Waals surface area contributed by atoms with E-state index >= 15 is 0 Å². The molecule has 146 valence electrons. The average Bonchev–Trinajstić information content (AvgIpc) is 2.65. The van der Waals surface area contributed by atoms with Gasteiger partial charge in [-0.1, -0.05) is 36.7 Å². The number of nitrogens with one attached hydrogen (secondary N) is 1. The maximum absolute atomic E-state index is 12.5. The zero-order valence-electron chi connectivity index (χ0n) is 16.1. The van der Waals surface area contributed by atoms with E-state index in [1.165, 1.54) is 0 Å². The molecule has 0 spiro atoms. The lowest BCUT2D eigenvalue weighted by molar-refractivity contribution is -0.128. The molecule has 0 radical (unpaired) electrons. The van der Waals surface area contributed by atoms with Crippen LogP contribution in [0.1, 0.15) is 32.8 Å². The molecule has 0 bridgehead atoms. The van der Waals surface area contributed by atoms with Crippen LogP contribution >= 0.6 is 11.6 Å². The van der Waals surface area contributed by atoms with Crippen molar-refractivity contribution in [3.63, 3.8) is 0 Å². The Morgan fingerprint density at radius 1 is 1.07 bits per heavy atom. The number of para-hydroxylation sites is 1. The van der Waals surface area contributed by atoms with Crippen molar-refractivity contribution in [2.45, 2.75) is 45.9 Å². The van der Waals surface area contributed by atoms with Crippen LogP contribution in [0.15, 0.2) is 42.5 Å². The predicted octanol–water partition coefficient (Wildman–Crippen LogP) is 4.61. The van der Waals surface area contributed by atoms with E-state index in [0.717, 1.165) is 5.56 Å². The zero-order valence-corrected chi connectivity index (χ0v) is 16.9. The first kappa shape index (κ1) is 20.9. The van der Waals surface area contributed by atoms with Crippen molar-refractivity contribution in [1.82, 2.24) is 5.32 Å². The lowest BCUT2D eigenvalue weighted by Gasteiger charge is -2.18. The van der Waals surface area contributed by atoms with Gasteiger partial charge >= 0.3 is 0 Å². The number of carbonyl (C=O) groups excluding carboxylic acids is 1. The van der Waals surface area contributed by atoms with E-state index in [4.69, 9.17) is 25.8 Å². The maximum atomic E-state index is 12.5. The highest BCUT2D eigenvalue weighted by molar-refractivity contribution is 6.32. The van der Waals surface area contributed by atoms with Crippen molar-refractivity contribution in [3.05, 3.63) is 53.1 Å². The lowest BCUT2D eigenvalue weighted by Crippen LogP contribution is -2.37. The van der Waals surface area contributed by atoms with Crippen LogP contribution < -0.4 is 19.5 Å². The summed E-state index contributed by atoms with van der Waals surface area (Å²) in [4.78, 5) is 12.5. The lowest BCUT2D eigenvalue weighted by atomic mass is 10.2. The van der Waals surface area contributed by atoms with Crippen LogP contribution in [0.25, 0.3) is 0 Å². The zero-order chi connectivity index (χ0) is 19.8. The molecule has 0 aromatic heterocycles. The van der Waals surface area contributed by atoms with Gasteiger partial charge in [0.2, 0.25) is 0 Å². The SMILES string of the molecule is CC[C@@H](Oc1ccccc1Cl)C(=O)NCc1ccc(OC(C)C)c(OC)c1. The predicted molar refractivity (Wildman–Crippen MR) is 107 cm³/mol. The molecule has 0 aliphatic carbocycles. The Morgan fingerprint density at radius 2 is 1.81 bits per heavy atom. The molecule has 27 heavy (non-hydrogen) atoms. The fraction of sp³-hybridized carbons (Fsp3) is 0.381. The molecule has 2 aromatic rings. The fourth-order valence-electron chi connectivity index (χ4n) is 2.49. The van der Waals surface area contributed by atoms with E-state index < -0.39 is 6.10 Å². The first-order valence-corrected chi connectivity index (χ1v) is 9.34. The molecule has 0 heterocycles. The van der Waals surface area contributed by atoms with Gasteiger partial charge in [0.1, 0.15) is 5.75 Å². The largest absolute Gasteiger partial charge is 0.493 e. The maximum Gasteiger partial charge on any atom is 0.261 e. The highest BCUT2D eigenvalue weighted by atomic mass is 35.5. The van der Waals surface area contributed by atoms with E-state index in [1.807, 2.05) is 51.1 Å². The van der Waals surface area contributed by atoms with Crippen molar-refractivity contribution in [3.8, 4) is 17.2 Å². The summed E-state index contributed by atoms with van der Waals surface area (Å²) in [5.74, 6) is 1.61. The van der Waals surface area contributed by atoms with Crippen molar-refractivity contribution < 1.29 is 19.0 Å². The molecule has 1 atom stereocenters. The molecule has 2 aromatic carbocycles. The molecule has 0 saturated heterocycles. The van der Waals surface area contributed by atoms with Gasteiger partial charge in [0.15, 0.2) is 17.6 Å². The minimum Gasteiger partial charge on any atom is -0.493 e. The molecule has 1 amide bonds. The van der Waals surface area contributed by atoms with Gasteiger partial charge in [-0.15, -0.1) is 0 Å². The first-order valence-electron chi connectivity index (χ1n) is 8.97. The molecular formula is C21H26ClNO4. The summed E-state index contributed by atoms with van der Waals surface area (Å²) in [6.45, 7) is 6.16. The van der Waals surface area contributed by atoms with E-state index in [9.17, 15) is 4.79 Å². The highest BCUT2D eigenvalue weighted by Crippen LogP contribution is 2.29. The number of halogens is 1. The number of methoxy groups -OCH3 is 1. The van der Waals surface area contributed by atoms with E-state index in [1.54, 1.807) is 19.2 Å². The monoisotopic (exact) mass is 391 g/mol. The molecule has 2 rings (SSSR count). The van der Waals surface area contributed by atoms with Gasteiger partial charge < -0.3 is 19.5 Å². The molecular weight excluding hydrogens is 366 g/mol. The van der Waals surface area contributed by atoms with Gasteiger partial charge in [0.05, 0.1) is 18.2 Å². The third-order valence-electron chi connectivity index (χ3n) is 3.83. The summed E-state index contributed by atoms with van der Waals surface area (Å²) < 4.78 is 16.8. The van der Waals surface area contributed by atoms with Gasteiger partial charge in [-0.3, -0.25) is 4.79 Å². The van der Waals surface area contributed by atoms with E-state index in [0.29, 0.717) is 35.2 Å². The molecule has 0 unspecified atom stereocenters. The van der Waals surface area contributed by atoms with E-state index in [-0.39, 0.29) is 12.0 Å². The van der Waals surface area contributed by atoms with Gasteiger partial charge in [0.25, 0.3) is 5.91 Å². The smallest absolute Gasteiger partial charge is 0.261 e. The molecule has 1 N–H and O–H groups in total. The molecule has 0 aliphatic rings. The summed E-state index contributed by atoms with van der Waals surface area (Å²) in [6, 6.07) is 12.7. The summed E-state index contributed by atoms with van der Waals surface area (Å²) in [5, 5.41) is 3.38. The molecule has 0 fully saturated rings. The number of benzene rings is 2. The summed E-state index contributed by atoms with van der Waals surface area (Å²) >= 11 is 6.10. The van der Waals surface area contributed by atoms with Crippen molar-refractivity contribution in [1.29, 1.82) is 0 Å². The Hall–Kier alpha value is -2.40. The first-order chi connectivity index (χ1) is 12.9. The highest BCUT2D eigenvalue weighted by Gasteiger charge is 2.19. The van der Waals surface area contributed by atoms with Crippen LogP contribution in [0, 0.1) is 0 Å². The number of carbonyl (C=O) groups is 1. The fourth-order valence-corrected chi connectivity index (χ4v) is 2.67. The second kappa shape index (κ2) is 10.1. The number of hydrogen-bond acceptors (Lipinski definition) is 4. The van der Waals surface area contributed by atoms with E-state index in [2.05, 4.69) is 5.32 Å². The van der Waals surface area contributed by atoms with Crippen molar-refractivity contribution in [2.75, 3.05) is 7.11 Å². The molecule has 6 heteroatoms. The number of amides is 1. The van der Waals surface area contributed by atoms with Gasteiger partial charge in [-0.05, 0) is 50.1 Å². The second-order valence-electron chi connectivity index (χ2n) is 6.31. The topological polar surface area (TPSA) is 56.8 Å². The Balaban J connectivity index is 2.00. The van der Waals surface area contributed by atoms with Crippen LogP contribution in [0.4, 0.5) is 0 Å². The Kier molecular flexibility index (Phi) is 7.80. The van der Waals surface area contributed by atoms with Crippen LogP contribution in [0.5, 0.6) is 17.2 Å². The van der Waals surface area contributed by atoms with Crippen LogP contribution in [0.3, 0.4) is 0 Å². The Bertz CT molecular complexity index is 764. The molecule has 0 saturated carbocycles. The van der Waals surface area contributed by atoms with Crippen LogP contribution in [0.2, 0.25) is 5.02 Å². The van der Waals surface area contributed by atoms with Gasteiger partial charge in [-0.2, -0.15) is 0 Å². The number of ether oxygens (including phenoxy) is 3. The summed E-state index contributed by atoms with van der Waals surface area (Å²) in [6.07, 6.45) is -0.0336. The van der Waals surface area contributed by atoms with Crippen LogP contribution in [-0.2, 0) is 11.3 Å². The normalized spacial score (nSPS) is 11.8. The standard InChI is InChI=1S/C21H26ClNO4/c1-5-17(27-18-9-7-6-8-16(18)22)21(24)23-13-15-10-11-19(26-14(2)3)20(12-15)25-4/h6-12,14,17H,5,13H2,1-4H3,(H,23,24)/t17-/m1/s1. The third kappa shape index (κ3) is 6.07. The van der Waals surface area contributed by atoms with Crippen LogP contribution in [-0.4, -0.2) is 25.2 Å². The quantitative estimate of drug-likeness (QED) is 0.678. The molecule has 5 nitrogen and oxygen atoms in total. The number of rotatable bonds is 9. The molecule has 0 aliphatic heterocycles. The average molecular weight is 392 g/mol. The van der Waals surface area contributed by atoms with Crippen molar-refractivity contribution in [2.24, 2.45) is 0 Å². The summed E-state index contributed by atoms with van der Waals surface area (Å²) in [5.41, 5.74) is 0.906.